The number of imide groups is 1. The molecule has 3 heterocycles. The van der Waals surface area contributed by atoms with Gasteiger partial charge in [-0.25, -0.2) is 4.90 Å². The van der Waals surface area contributed by atoms with Gasteiger partial charge in [-0.1, -0.05) is 51.2 Å². The van der Waals surface area contributed by atoms with E-state index in [0.717, 1.165) is 55.2 Å². The third-order valence-corrected chi connectivity index (χ3v) is 10.6. The van der Waals surface area contributed by atoms with E-state index in [0.29, 0.717) is 21.2 Å². The predicted molar refractivity (Wildman–Crippen MR) is 165 cm³/mol. The molecule has 232 valence electrons. The molecule has 4 aromatic rings. The van der Waals surface area contributed by atoms with Crippen molar-refractivity contribution in [3.05, 3.63) is 96.9 Å². The smallest absolute Gasteiger partial charge is 0.416 e. The highest BCUT2D eigenvalue weighted by atomic mass is 79.9. The molecule has 6 rings (SSSR count). The molecule has 2 N–H and O–H groups in total. The number of aromatic nitrogens is 1. The number of ether oxygens (including phenoxy) is 1. The fraction of sp³-hybridized carbons (Fsp3) is 0.200. The van der Waals surface area contributed by atoms with Crippen LogP contribution in [0.5, 0.6) is 11.5 Å². The Hall–Kier alpha value is -4.08. The van der Waals surface area contributed by atoms with Gasteiger partial charge < -0.3 is 15.2 Å². The van der Waals surface area contributed by atoms with Crippen LogP contribution in [0.2, 0.25) is 0 Å². The van der Waals surface area contributed by atoms with E-state index in [-0.39, 0.29) is 17.2 Å². The van der Waals surface area contributed by atoms with Crippen molar-refractivity contribution in [1.82, 2.24) is 4.57 Å². The second kappa shape index (κ2) is 11.7. The number of amides is 3. The molecule has 1 fully saturated rings. The normalized spacial score (nSPS) is 19.3. The highest BCUT2D eigenvalue weighted by Gasteiger charge is 2.57. The molecule has 2 aliphatic heterocycles. The summed E-state index contributed by atoms with van der Waals surface area (Å²) in [5.74, 6) is -3.51. The molecule has 2 aliphatic rings. The number of phenolic OH excluding ortho intramolecular Hbond substituents is 1. The maximum absolute atomic E-state index is 14.0. The lowest BCUT2D eigenvalue weighted by Crippen LogP contribution is -2.33. The van der Waals surface area contributed by atoms with Crippen LogP contribution < -0.4 is 19.8 Å². The van der Waals surface area contributed by atoms with Gasteiger partial charge >= 0.3 is 11.0 Å². The molecule has 3 aromatic carbocycles. The van der Waals surface area contributed by atoms with E-state index in [2.05, 4.69) is 21.2 Å². The van der Waals surface area contributed by atoms with Crippen LogP contribution in [-0.2, 0) is 27.1 Å². The monoisotopic (exact) mass is 719 g/mol. The maximum atomic E-state index is 14.0. The summed E-state index contributed by atoms with van der Waals surface area (Å²) in [6, 6.07) is 15.3. The first-order chi connectivity index (χ1) is 21.4. The van der Waals surface area contributed by atoms with E-state index in [1.54, 1.807) is 30.3 Å². The number of aromatic hydroxyl groups is 1. The molecule has 0 saturated carbocycles. The van der Waals surface area contributed by atoms with Crippen LogP contribution in [0.25, 0.3) is 0 Å². The van der Waals surface area contributed by atoms with Crippen LogP contribution in [0.3, 0.4) is 0 Å². The van der Waals surface area contributed by atoms with Crippen molar-refractivity contribution in [2.24, 2.45) is 5.92 Å². The van der Waals surface area contributed by atoms with Crippen LogP contribution in [0.15, 0.2) is 81.0 Å². The Morgan fingerprint density at radius 1 is 1.04 bits per heavy atom. The average molecular weight is 721 g/mol. The lowest BCUT2D eigenvalue weighted by atomic mass is 9.83. The molecular formula is C30H21BrF3N3O6S2. The van der Waals surface area contributed by atoms with Crippen LogP contribution in [-0.4, -0.2) is 39.8 Å². The fourth-order valence-corrected chi connectivity index (χ4v) is 8.50. The van der Waals surface area contributed by atoms with E-state index in [1.165, 1.54) is 25.3 Å². The van der Waals surface area contributed by atoms with Crippen LogP contribution in [0, 0.1) is 5.92 Å². The summed E-state index contributed by atoms with van der Waals surface area (Å²) in [5.41, 5.74) is -0.178. The Kier molecular flexibility index (Phi) is 8.03. The van der Waals surface area contributed by atoms with E-state index < -0.39 is 58.0 Å². The lowest BCUT2D eigenvalue weighted by Gasteiger charge is -2.31. The van der Waals surface area contributed by atoms with E-state index >= 15 is 0 Å². The van der Waals surface area contributed by atoms with Crippen molar-refractivity contribution in [2.45, 2.75) is 28.9 Å². The largest absolute Gasteiger partial charge is 0.504 e. The molecule has 1 saturated heterocycles. The number of thiazole rings is 1. The number of methoxy groups -OCH3 is 1. The number of halogens is 4. The lowest BCUT2D eigenvalue weighted by molar-refractivity contribution is -0.137. The summed E-state index contributed by atoms with van der Waals surface area (Å²) >= 11 is 5.15. The van der Waals surface area contributed by atoms with Crippen molar-refractivity contribution in [3.8, 4) is 11.5 Å². The number of nitrogens with zero attached hydrogens (tertiary/aromatic N) is 2. The molecule has 0 aliphatic carbocycles. The molecule has 45 heavy (non-hydrogen) atoms. The Morgan fingerprint density at radius 2 is 1.78 bits per heavy atom. The Morgan fingerprint density at radius 3 is 2.47 bits per heavy atom. The summed E-state index contributed by atoms with van der Waals surface area (Å²) in [7, 11) is 1.36. The number of hydrogen-bond acceptors (Lipinski definition) is 8. The van der Waals surface area contributed by atoms with E-state index in [1.807, 2.05) is 0 Å². The molecule has 0 bridgehead atoms. The molecule has 9 nitrogen and oxygen atoms in total. The Labute approximate surface area is 269 Å². The minimum Gasteiger partial charge on any atom is -0.504 e. The van der Waals surface area contributed by atoms with Gasteiger partial charge in [0.05, 0.1) is 29.3 Å². The predicted octanol–water partition coefficient (Wildman–Crippen LogP) is 5.84. The zero-order valence-corrected chi connectivity index (χ0v) is 26.2. The van der Waals surface area contributed by atoms with Gasteiger partial charge in [0.25, 0.3) is 0 Å². The van der Waals surface area contributed by atoms with Crippen LogP contribution in [0.4, 0.5) is 24.5 Å². The summed E-state index contributed by atoms with van der Waals surface area (Å²) in [4.78, 5) is 55.2. The molecule has 15 heteroatoms. The van der Waals surface area contributed by atoms with Gasteiger partial charge in [0, 0.05) is 21.0 Å². The van der Waals surface area contributed by atoms with Crippen LogP contribution in [0.1, 0.15) is 21.9 Å². The zero-order chi connectivity index (χ0) is 32.2. The fourth-order valence-electron chi connectivity index (χ4n) is 5.46. The second-order valence-corrected chi connectivity index (χ2v) is 13.3. The van der Waals surface area contributed by atoms with E-state index in [9.17, 15) is 37.5 Å². The van der Waals surface area contributed by atoms with Gasteiger partial charge in [-0.3, -0.25) is 23.7 Å². The third-order valence-electron chi connectivity index (χ3n) is 7.47. The van der Waals surface area contributed by atoms with Gasteiger partial charge in [-0.15, -0.1) is 0 Å². The standard InChI is InChI=1S/C30H21BrF3N3O6S2/c1-43-20-11-14(5-10-19(20)38)22-23-24(27(41)37(26(23)40)18-8-6-16(31)7-9-18)44-28-25(22)45-29(42)36(28)13-21(39)35-17-4-2-3-15(12-17)30(32,33)34/h2-12,22-24,38H,13H2,1H3,(H,35,39)/t22-,23?,24?/m0/s1. The maximum Gasteiger partial charge on any atom is 0.416 e. The SMILES string of the molecule is COc1cc([C@@H]2c3sc(=O)n(CC(=O)Nc4cccc(C(F)(F)F)c4)c3SC3C(=O)N(c4ccc(Br)cc4)C(=O)C32)ccc1O. The first-order valence-electron chi connectivity index (χ1n) is 13.2. The first kappa shape index (κ1) is 30.9. The number of alkyl halides is 3. The molecule has 0 spiro atoms. The number of phenols is 1. The molecule has 0 radical (unpaired) electrons. The highest BCUT2D eigenvalue weighted by molar-refractivity contribution is 9.10. The number of thioether (sulfide) groups is 1. The van der Waals surface area contributed by atoms with Gasteiger partial charge in [0.2, 0.25) is 17.7 Å². The number of rotatable bonds is 6. The number of fused-ring (bicyclic) bond motifs is 2. The van der Waals surface area contributed by atoms with Crippen LogP contribution >= 0.6 is 39.0 Å². The minimum absolute atomic E-state index is 0.101. The van der Waals surface area contributed by atoms with Crippen molar-refractivity contribution < 1.29 is 37.4 Å². The number of hydrogen-bond donors (Lipinski definition) is 2. The molecule has 2 unspecified atom stereocenters. The number of benzene rings is 3. The van der Waals surface area contributed by atoms with Gasteiger partial charge in [0.15, 0.2) is 11.5 Å². The van der Waals surface area contributed by atoms with E-state index in [4.69, 9.17) is 4.74 Å². The minimum atomic E-state index is -4.61. The second-order valence-electron chi connectivity index (χ2n) is 10.2. The Balaban J connectivity index is 1.40. The molecule has 3 atom stereocenters. The molecular weight excluding hydrogens is 699 g/mol. The molecule has 3 amide bonds. The van der Waals surface area contributed by atoms with Crippen molar-refractivity contribution in [3.63, 3.8) is 0 Å². The number of carbonyl (C=O) groups excluding carboxylic acids is 3. The third kappa shape index (κ3) is 5.64. The van der Waals surface area contributed by atoms with Crippen molar-refractivity contribution in [2.75, 3.05) is 17.3 Å². The van der Waals surface area contributed by atoms with Gasteiger partial charge in [0.1, 0.15) is 11.8 Å². The zero-order valence-electron chi connectivity index (χ0n) is 23.0. The average Bonchev–Trinajstić information content (AvgIpc) is 3.44. The number of carbonyl (C=O) groups is 3. The molecule has 1 aromatic heterocycles. The quantitative estimate of drug-likeness (QED) is 0.241. The van der Waals surface area contributed by atoms with Gasteiger partial charge in [-0.05, 0) is 60.2 Å². The number of anilines is 2. The van der Waals surface area contributed by atoms with Crippen molar-refractivity contribution in [1.29, 1.82) is 0 Å². The summed E-state index contributed by atoms with van der Waals surface area (Å²) < 4.78 is 46.7. The first-order valence-corrected chi connectivity index (χ1v) is 15.7. The summed E-state index contributed by atoms with van der Waals surface area (Å²) in [5, 5.41) is 12.0. The summed E-state index contributed by atoms with van der Waals surface area (Å²) in [6.45, 7) is -0.546. The topological polar surface area (TPSA) is 118 Å². The van der Waals surface area contributed by atoms with Gasteiger partial charge in [-0.2, -0.15) is 13.2 Å². The Bertz CT molecular complexity index is 1910. The summed E-state index contributed by atoms with van der Waals surface area (Å²) in [6.07, 6.45) is -4.61. The highest BCUT2D eigenvalue weighted by Crippen LogP contribution is 2.54. The number of nitrogens with one attached hydrogen (secondary N) is 1. The van der Waals surface area contributed by atoms with Crippen molar-refractivity contribution >= 4 is 68.1 Å².